The molecule has 1 atom stereocenters. The Bertz CT molecular complexity index is 1390. The SMILES string of the molecule is CCN(C(=O)c1nc(-c2ccccc2F)sc1NC(=O)O)c1cn[nH]c1N1CCCC(NC(=O)C(F)(F)F)CC1. The number of H-pyrrole nitrogens is 1. The fourth-order valence-corrected chi connectivity index (χ4v) is 5.36. The summed E-state index contributed by atoms with van der Waals surface area (Å²) in [5.41, 5.74) is 0.209. The van der Waals surface area contributed by atoms with Gasteiger partial charge in [-0.05, 0) is 38.3 Å². The molecule has 214 valence electrons. The Morgan fingerprint density at radius 3 is 2.65 bits per heavy atom. The van der Waals surface area contributed by atoms with E-state index in [1.54, 1.807) is 13.0 Å². The van der Waals surface area contributed by atoms with Gasteiger partial charge in [0.25, 0.3) is 5.91 Å². The van der Waals surface area contributed by atoms with Gasteiger partial charge in [-0.15, -0.1) is 0 Å². The molecule has 4 rings (SSSR count). The molecule has 0 aliphatic carbocycles. The first-order chi connectivity index (χ1) is 19.0. The van der Waals surface area contributed by atoms with Gasteiger partial charge in [-0.25, -0.2) is 14.2 Å². The molecule has 0 saturated carbocycles. The Morgan fingerprint density at radius 2 is 1.98 bits per heavy atom. The minimum Gasteiger partial charge on any atom is -0.465 e. The minimum absolute atomic E-state index is 0.0859. The predicted molar refractivity (Wildman–Crippen MR) is 139 cm³/mol. The van der Waals surface area contributed by atoms with E-state index in [0.717, 1.165) is 11.3 Å². The number of rotatable bonds is 7. The van der Waals surface area contributed by atoms with Crippen LogP contribution in [0.4, 0.5) is 38.9 Å². The molecule has 11 nitrogen and oxygen atoms in total. The highest BCUT2D eigenvalue weighted by Crippen LogP contribution is 2.36. The van der Waals surface area contributed by atoms with E-state index in [4.69, 9.17) is 0 Å². The van der Waals surface area contributed by atoms with Crippen molar-refractivity contribution in [2.45, 2.75) is 38.4 Å². The number of nitrogens with one attached hydrogen (secondary N) is 3. The van der Waals surface area contributed by atoms with Crippen LogP contribution in [0.5, 0.6) is 0 Å². The Kier molecular flexibility index (Phi) is 8.56. The largest absolute Gasteiger partial charge is 0.471 e. The number of alkyl halides is 3. The third-order valence-corrected chi connectivity index (χ3v) is 7.25. The van der Waals surface area contributed by atoms with E-state index in [0.29, 0.717) is 30.9 Å². The van der Waals surface area contributed by atoms with E-state index in [2.05, 4.69) is 20.5 Å². The number of benzene rings is 1. The van der Waals surface area contributed by atoms with Crippen molar-refractivity contribution in [1.29, 1.82) is 0 Å². The molecule has 0 radical (unpaired) electrons. The Morgan fingerprint density at radius 1 is 1.23 bits per heavy atom. The summed E-state index contributed by atoms with van der Waals surface area (Å²) in [5, 5.41) is 20.4. The van der Waals surface area contributed by atoms with Gasteiger partial charge in [0.15, 0.2) is 5.69 Å². The maximum Gasteiger partial charge on any atom is 0.471 e. The molecule has 1 unspecified atom stereocenters. The number of halogens is 4. The molecule has 2 aromatic heterocycles. The highest BCUT2D eigenvalue weighted by Gasteiger charge is 2.40. The lowest BCUT2D eigenvalue weighted by Gasteiger charge is -2.26. The molecule has 3 amide bonds. The molecule has 4 N–H and O–H groups in total. The van der Waals surface area contributed by atoms with Gasteiger partial charge in [-0.3, -0.25) is 20.0 Å². The number of carbonyl (C=O) groups excluding carboxylic acids is 2. The van der Waals surface area contributed by atoms with E-state index in [9.17, 15) is 37.1 Å². The van der Waals surface area contributed by atoms with Crippen LogP contribution in [0.2, 0.25) is 0 Å². The average Bonchev–Trinajstić information content (AvgIpc) is 3.46. The standard InChI is InChI=1S/C24H25F4N7O4S/c1-2-35(21(36)17-20(32-23(38)39)40-19(31-17)14-7-3-4-8-15(14)25)16-12-29-33-18(16)34-10-5-6-13(9-11-34)30-22(37)24(26,27)28/h3-4,7-8,12-13,32H,2,5-6,9-11H2,1H3,(H,29,33)(H,30,37)(H,38,39). The van der Waals surface area contributed by atoms with E-state index in [1.165, 1.54) is 29.3 Å². The number of anilines is 3. The van der Waals surface area contributed by atoms with Gasteiger partial charge in [-0.1, -0.05) is 23.5 Å². The molecule has 1 aromatic carbocycles. The van der Waals surface area contributed by atoms with Crippen LogP contribution >= 0.6 is 11.3 Å². The number of carbonyl (C=O) groups is 3. The lowest BCUT2D eigenvalue weighted by molar-refractivity contribution is -0.174. The van der Waals surface area contributed by atoms with E-state index in [1.807, 2.05) is 10.2 Å². The number of aromatic amines is 1. The molecule has 16 heteroatoms. The van der Waals surface area contributed by atoms with Crippen LogP contribution in [0.1, 0.15) is 36.7 Å². The maximum atomic E-state index is 14.4. The van der Waals surface area contributed by atoms with Gasteiger partial charge >= 0.3 is 18.2 Å². The molecular weight excluding hydrogens is 558 g/mol. The summed E-state index contributed by atoms with van der Waals surface area (Å²) in [6.45, 7) is 2.50. The third-order valence-electron chi connectivity index (χ3n) is 6.24. The maximum absolute atomic E-state index is 14.4. The van der Waals surface area contributed by atoms with Gasteiger partial charge in [0, 0.05) is 31.2 Å². The summed E-state index contributed by atoms with van der Waals surface area (Å²) in [4.78, 5) is 43.9. The number of nitrogens with zero attached hydrogens (tertiary/aromatic N) is 4. The highest BCUT2D eigenvalue weighted by molar-refractivity contribution is 7.19. The van der Waals surface area contributed by atoms with Gasteiger partial charge in [-0.2, -0.15) is 18.3 Å². The second-order valence-corrected chi connectivity index (χ2v) is 9.85. The second-order valence-electron chi connectivity index (χ2n) is 8.85. The Balaban J connectivity index is 1.59. The lowest BCUT2D eigenvalue weighted by Crippen LogP contribution is -2.43. The molecule has 1 saturated heterocycles. The fraction of sp³-hybridized carbons (Fsp3) is 0.375. The summed E-state index contributed by atoms with van der Waals surface area (Å²) in [6, 6.07) is 5.08. The zero-order valence-electron chi connectivity index (χ0n) is 21.1. The molecule has 3 heterocycles. The van der Waals surface area contributed by atoms with Gasteiger partial charge in [0.2, 0.25) is 0 Å². The monoisotopic (exact) mass is 583 g/mol. The van der Waals surface area contributed by atoms with E-state index >= 15 is 0 Å². The number of aromatic nitrogens is 3. The van der Waals surface area contributed by atoms with Crippen LogP contribution in [0.15, 0.2) is 30.5 Å². The molecule has 0 bridgehead atoms. The van der Waals surface area contributed by atoms with Crippen LogP contribution in [0.25, 0.3) is 10.6 Å². The number of hydrogen-bond donors (Lipinski definition) is 4. The van der Waals surface area contributed by atoms with E-state index in [-0.39, 0.29) is 40.8 Å². The molecule has 0 spiro atoms. The fourth-order valence-electron chi connectivity index (χ4n) is 4.38. The van der Waals surface area contributed by atoms with Crippen LogP contribution in [-0.4, -0.2) is 70.0 Å². The smallest absolute Gasteiger partial charge is 0.465 e. The number of thiazole rings is 1. The van der Waals surface area contributed by atoms with E-state index < -0.39 is 35.9 Å². The van der Waals surface area contributed by atoms with Crippen molar-refractivity contribution in [1.82, 2.24) is 20.5 Å². The van der Waals surface area contributed by atoms with Gasteiger partial charge in [0.05, 0.1) is 6.20 Å². The molecular formula is C24H25F4N7O4S. The molecule has 1 fully saturated rings. The average molecular weight is 584 g/mol. The zero-order valence-corrected chi connectivity index (χ0v) is 21.9. The minimum atomic E-state index is -4.97. The Labute approximate surface area is 229 Å². The summed E-state index contributed by atoms with van der Waals surface area (Å²) in [5.74, 6) is -2.82. The first kappa shape index (κ1) is 28.8. The first-order valence-corrected chi connectivity index (χ1v) is 13.0. The third kappa shape index (κ3) is 6.32. The zero-order chi connectivity index (χ0) is 29.0. The van der Waals surface area contributed by atoms with Gasteiger partial charge < -0.3 is 20.2 Å². The van der Waals surface area contributed by atoms with Crippen LogP contribution in [0.3, 0.4) is 0 Å². The van der Waals surface area contributed by atoms with Crippen LogP contribution in [0, 0.1) is 5.82 Å². The molecule has 1 aliphatic heterocycles. The summed E-state index contributed by atoms with van der Waals surface area (Å²) >= 11 is 0.811. The summed E-state index contributed by atoms with van der Waals surface area (Å²) in [7, 11) is 0. The van der Waals surface area contributed by atoms with Crippen molar-refractivity contribution in [3.8, 4) is 10.6 Å². The number of amides is 3. The topological polar surface area (TPSA) is 144 Å². The first-order valence-electron chi connectivity index (χ1n) is 12.2. The quantitative estimate of drug-likeness (QED) is 0.301. The second kappa shape index (κ2) is 11.9. The molecule has 40 heavy (non-hydrogen) atoms. The normalized spacial score (nSPS) is 15.8. The summed E-state index contributed by atoms with van der Waals surface area (Å²) in [6.07, 6.45) is -3.97. The number of carboxylic acid groups (broad SMARTS) is 1. The van der Waals surface area contributed by atoms with Gasteiger partial charge in [0.1, 0.15) is 27.3 Å². The molecule has 1 aliphatic rings. The van der Waals surface area contributed by atoms with Crippen molar-refractivity contribution in [3.63, 3.8) is 0 Å². The highest BCUT2D eigenvalue weighted by atomic mass is 32.1. The Hall–Kier alpha value is -4.21. The lowest BCUT2D eigenvalue weighted by atomic mass is 10.1. The molecule has 3 aromatic rings. The van der Waals surface area contributed by atoms with Crippen molar-refractivity contribution in [2.75, 3.05) is 34.8 Å². The van der Waals surface area contributed by atoms with Crippen molar-refractivity contribution >= 4 is 45.8 Å². The van der Waals surface area contributed by atoms with Crippen LogP contribution in [-0.2, 0) is 4.79 Å². The van der Waals surface area contributed by atoms with Crippen LogP contribution < -0.4 is 20.4 Å². The summed E-state index contributed by atoms with van der Waals surface area (Å²) < 4.78 is 52.5. The van der Waals surface area contributed by atoms with Crippen molar-refractivity contribution in [2.24, 2.45) is 0 Å². The predicted octanol–water partition coefficient (Wildman–Crippen LogP) is 4.47. The number of hydrogen-bond acceptors (Lipinski definition) is 7. The van der Waals surface area contributed by atoms with Crippen molar-refractivity contribution < 1.29 is 37.1 Å². The van der Waals surface area contributed by atoms with Crippen molar-refractivity contribution in [3.05, 3.63) is 42.0 Å².